The number of nitrogens with zero attached hydrogens (tertiary/aromatic N) is 1. The molecule has 0 aliphatic heterocycles. The topological polar surface area (TPSA) is 21.6 Å². The molecule has 0 heterocycles. The molecule has 104 valence electrons. The van der Waals surface area contributed by atoms with Crippen molar-refractivity contribution in [2.45, 2.75) is 20.5 Å². The van der Waals surface area contributed by atoms with Crippen LogP contribution in [-0.2, 0) is 11.4 Å². The Balaban J connectivity index is 3.00. The molecule has 1 aromatic carbocycles. The summed E-state index contributed by atoms with van der Waals surface area (Å²) in [6, 6.07) is 0. The van der Waals surface area contributed by atoms with E-state index in [1.807, 2.05) is 0 Å². The number of halogens is 5. The molecule has 0 amide bonds. The molecule has 0 aliphatic rings. The van der Waals surface area contributed by atoms with Crippen LogP contribution in [0.15, 0.2) is 17.3 Å². The zero-order valence-electron chi connectivity index (χ0n) is 10.1. The Morgan fingerprint density at radius 2 is 1.47 bits per heavy atom. The minimum atomic E-state index is -2.20. The molecule has 0 unspecified atom stereocenters. The van der Waals surface area contributed by atoms with Crippen molar-refractivity contribution < 1.29 is 26.8 Å². The summed E-state index contributed by atoms with van der Waals surface area (Å²) >= 11 is 0. The fraction of sp³-hybridized carbons (Fsp3) is 0.250. The lowest BCUT2D eigenvalue weighted by atomic mass is 10.2. The first kappa shape index (κ1) is 15.1. The van der Waals surface area contributed by atoms with E-state index < -0.39 is 41.3 Å². The van der Waals surface area contributed by atoms with Crippen LogP contribution in [0.3, 0.4) is 0 Å². The highest BCUT2D eigenvalue weighted by Crippen LogP contribution is 2.23. The minimum Gasteiger partial charge on any atom is -0.390 e. The second kappa shape index (κ2) is 6.31. The quantitative estimate of drug-likeness (QED) is 0.270. The molecule has 1 aromatic rings. The summed E-state index contributed by atoms with van der Waals surface area (Å²) in [5.41, 5.74) is -0.681. The molecule has 0 aromatic heterocycles. The van der Waals surface area contributed by atoms with Crippen LogP contribution in [0, 0.1) is 29.1 Å². The fourth-order valence-corrected chi connectivity index (χ4v) is 1.25. The summed E-state index contributed by atoms with van der Waals surface area (Å²) in [4.78, 5) is 4.55. The average Bonchev–Trinajstić information content (AvgIpc) is 2.38. The standard InChI is InChI=1S/C12H10F5NO/c1-3-4-6(2)18-19-5-7-8(13)10(15)12(17)11(16)9(7)14/h3-4H,5H2,1-2H3/b4-3+,18-6+. The van der Waals surface area contributed by atoms with Gasteiger partial charge in [0.2, 0.25) is 5.82 Å². The van der Waals surface area contributed by atoms with Crippen molar-refractivity contribution in [3.63, 3.8) is 0 Å². The van der Waals surface area contributed by atoms with E-state index in [-0.39, 0.29) is 0 Å². The van der Waals surface area contributed by atoms with Gasteiger partial charge in [0.25, 0.3) is 0 Å². The van der Waals surface area contributed by atoms with Crippen molar-refractivity contribution in [3.05, 3.63) is 46.8 Å². The Morgan fingerprint density at radius 3 is 1.95 bits per heavy atom. The van der Waals surface area contributed by atoms with E-state index in [0.29, 0.717) is 5.71 Å². The molecule has 19 heavy (non-hydrogen) atoms. The second-order valence-corrected chi connectivity index (χ2v) is 3.55. The molecule has 7 heteroatoms. The SMILES string of the molecule is C/C=C/C(C)=N/OCc1c(F)c(F)c(F)c(F)c1F. The lowest BCUT2D eigenvalue weighted by Gasteiger charge is -2.07. The number of benzene rings is 1. The van der Waals surface area contributed by atoms with Crippen LogP contribution < -0.4 is 0 Å². The first-order chi connectivity index (χ1) is 8.90. The zero-order valence-corrected chi connectivity index (χ0v) is 10.1. The summed E-state index contributed by atoms with van der Waals surface area (Å²) in [6.45, 7) is 2.39. The summed E-state index contributed by atoms with van der Waals surface area (Å²) in [6.07, 6.45) is 3.18. The Hall–Kier alpha value is -1.92. The van der Waals surface area contributed by atoms with Gasteiger partial charge in [-0.15, -0.1) is 0 Å². The summed E-state index contributed by atoms with van der Waals surface area (Å²) in [5, 5.41) is 3.43. The largest absolute Gasteiger partial charge is 0.390 e. The monoisotopic (exact) mass is 279 g/mol. The summed E-state index contributed by atoms with van der Waals surface area (Å²) < 4.78 is 64.9. The van der Waals surface area contributed by atoms with Crippen molar-refractivity contribution >= 4 is 5.71 Å². The third kappa shape index (κ3) is 3.30. The maximum atomic E-state index is 13.2. The molecule has 0 saturated carbocycles. The van der Waals surface area contributed by atoms with Gasteiger partial charge < -0.3 is 4.84 Å². The molecule has 0 fully saturated rings. The van der Waals surface area contributed by atoms with E-state index >= 15 is 0 Å². The van der Waals surface area contributed by atoms with E-state index in [1.54, 1.807) is 26.0 Å². The smallest absolute Gasteiger partial charge is 0.200 e. The Morgan fingerprint density at radius 1 is 1.00 bits per heavy atom. The lowest BCUT2D eigenvalue weighted by Crippen LogP contribution is -2.08. The average molecular weight is 279 g/mol. The predicted octanol–water partition coefficient (Wildman–Crippen LogP) is 3.85. The zero-order chi connectivity index (χ0) is 14.6. The van der Waals surface area contributed by atoms with E-state index in [4.69, 9.17) is 0 Å². The van der Waals surface area contributed by atoms with Crippen LogP contribution in [0.4, 0.5) is 22.0 Å². The van der Waals surface area contributed by atoms with Crippen molar-refractivity contribution in [1.29, 1.82) is 0 Å². The first-order valence-electron chi connectivity index (χ1n) is 5.19. The van der Waals surface area contributed by atoms with Gasteiger partial charge in [-0.1, -0.05) is 11.2 Å². The molecule has 0 bridgehead atoms. The molecule has 2 nitrogen and oxygen atoms in total. The number of hydrogen-bond acceptors (Lipinski definition) is 2. The van der Waals surface area contributed by atoms with Gasteiger partial charge in [-0.2, -0.15) is 0 Å². The Labute approximate surface area is 106 Å². The third-order valence-corrected chi connectivity index (χ3v) is 2.13. The van der Waals surface area contributed by atoms with Crippen molar-refractivity contribution in [2.75, 3.05) is 0 Å². The van der Waals surface area contributed by atoms with Gasteiger partial charge in [-0.25, -0.2) is 22.0 Å². The molecular formula is C12H10F5NO. The highest BCUT2D eigenvalue weighted by Gasteiger charge is 2.25. The fourth-order valence-electron chi connectivity index (χ4n) is 1.25. The summed E-state index contributed by atoms with van der Waals surface area (Å²) in [5.74, 6) is -10.1. The molecular weight excluding hydrogens is 269 g/mol. The van der Waals surface area contributed by atoms with E-state index in [9.17, 15) is 22.0 Å². The van der Waals surface area contributed by atoms with Crippen molar-refractivity contribution in [1.82, 2.24) is 0 Å². The van der Waals surface area contributed by atoms with E-state index in [2.05, 4.69) is 9.99 Å². The van der Waals surface area contributed by atoms with E-state index in [0.717, 1.165) is 0 Å². The maximum Gasteiger partial charge on any atom is 0.200 e. The number of allylic oxidation sites excluding steroid dienone is 2. The third-order valence-electron chi connectivity index (χ3n) is 2.13. The van der Waals surface area contributed by atoms with Crippen LogP contribution in [0.25, 0.3) is 0 Å². The van der Waals surface area contributed by atoms with Crippen LogP contribution in [0.2, 0.25) is 0 Å². The molecule has 0 aliphatic carbocycles. The van der Waals surface area contributed by atoms with Crippen LogP contribution in [0.1, 0.15) is 19.4 Å². The number of rotatable bonds is 4. The van der Waals surface area contributed by atoms with Gasteiger partial charge in [0.1, 0.15) is 6.61 Å². The lowest BCUT2D eigenvalue weighted by molar-refractivity contribution is 0.123. The number of oxime groups is 1. The molecule has 0 saturated heterocycles. The van der Waals surface area contributed by atoms with Gasteiger partial charge in [-0.05, 0) is 19.9 Å². The highest BCUT2D eigenvalue weighted by molar-refractivity contribution is 5.92. The predicted molar refractivity (Wildman–Crippen MR) is 58.9 cm³/mol. The van der Waals surface area contributed by atoms with Crippen molar-refractivity contribution in [2.24, 2.45) is 5.16 Å². The second-order valence-electron chi connectivity index (χ2n) is 3.55. The number of hydrogen-bond donors (Lipinski definition) is 0. The van der Waals surface area contributed by atoms with Gasteiger partial charge in [0.05, 0.1) is 11.3 Å². The molecule has 0 N–H and O–H groups in total. The normalized spacial score (nSPS) is 12.3. The molecule has 0 atom stereocenters. The van der Waals surface area contributed by atoms with Gasteiger partial charge in [-0.3, -0.25) is 0 Å². The van der Waals surface area contributed by atoms with E-state index in [1.165, 1.54) is 0 Å². The van der Waals surface area contributed by atoms with Crippen LogP contribution >= 0.6 is 0 Å². The molecule has 0 spiro atoms. The van der Waals surface area contributed by atoms with Gasteiger partial charge in [0.15, 0.2) is 23.3 Å². The van der Waals surface area contributed by atoms with Crippen LogP contribution in [0.5, 0.6) is 0 Å². The minimum absolute atomic E-state index is 0.381. The molecule has 1 rings (SSSR count). The first-order valence-corrected chi connectivity index (χ1v) is 5.19. The van der Waals surface area contributed by atoms with Crippen LogP contribution in [-0.4, -0.2) is 5.71 Å². The summed E-state index contributed by atoms with van der Waals surface area (Å²) in [7, 11) is 0. The Kier molecular flexibility index (Phi) is 5.02. The van der Waals surface area contributed by atoms with Gasteiger partial charge >= 0.3 is 0 Å². The van der Waals surface area contributed by atoms with Gasteiger partial charge in [0, 0.05) is 0 Å². The Bertz CT molecular complexity index is 510. The highest BCUT2D eigenvalue weighted by atomic mass is 19.2. The molecule has 0 radical (unpaired) electrons. The van der Waals surface area contributed by atoms with Crippen molar-refractivity contribution in [3.8, 4) is 0 Å². The maximum absolute atomic E-state index is 13.2.